The number of rotatable bonds is 3. The van der Waals surface area contributed by atoms with Crippen molar-refractivity contribution in [1.82, 2.24) is 0 Å². The number of esters is 2. The normalized spacial score (nSPS) is 33.5. The maximum Gasteiger partial charge on any atom is 0.338 e. The molecular formula is C17H18O6. The van der Waals surface area contributed by atoms with Crippen molar-refractivity contribution >= 4 is 11.9 Å². The van der Waals surface area contributed by atoms with Crippen molar-refractivity contribution < 1.29 is 28.5 Å². The second-order valence-electron chi connectivity index (χ2n) is 6.13. The van der Waals surface area contributed by atoms with Crippen molar-refractivity contribution in [2.45, 2.75) is 31.3 Å². The summed E-state index contributed by atoms with van der Waals surface area (Å²) in [5, 5.41) is 0. The third-order valence-electron chi connectivity index (χ3n) is 4.78. The molecule has 1 aliphatic carbocycles. The molecule has 4 unspecified atom stereocenters. The first-order valence-corrected chi connectivity index (χ1v) is 7.91. The maximum atomic E-state index is 12.3. The molecule has 1 aromatic carbocycles. The van der Waals surface area contributed by atoms with Gasteiger partial charge in [0.25, 0.3) is 0 Å². The first-order valence-electron chi connectivity index (χ1n) is 7.91. The van der Waals surface area contributed by atoms with Crippen molar-refractivity contribution in [3.05, 3.63) is 35.9 Å². The van der Waals surface area contributed by atoms with Crippen molar-refractivity contribution in [2.75, 3.05) is 13.2 Å². The number of fused-ring (bicyclic) bond motifs is 1. The molecule has 4 atom stereocenters. The van der Waals surface area contributed by atoms with Gasteiger partial charge in [0.05, 0.1) is 31.1 Å². The van der Waals surface area contributed by atoms with E-state index < -0.39 is 6.29 Å². The monoisotopic (exact) mass is 318 g/mol. The Morgan fingerprint density at radius 3 is 2.61 bits per heavy atom. The summed E-state index contributed by atoms with van der Waals surface area (Å²) < 4.78 is 22.3. The van der Waals surface area contributed by atoms with E-state index in [1.807, 2.05) is 6.07 Å². The molecule has 0 bridgehead atoms. The van der Waals surface area contributed by atoms with Crippen LogP contribution in [0.1, 0.15) is 23.2 Å². The van der Waals surface area contributed by atoms with Crippen LogP contribution in [0.3, 0.4) is 0 Å². The summed E-state index contributed by atoms with van der Waals surface area (Å²) in [6, 6.07) is 8.87. The predicted octanol–water partition coefficient (Wildman–Crippen LogP) is 1.54. The fourth-order valence-electron chi connectivity index (χ4n) is 3.78. The van der Waals surface area contributed by atoms with E-state index in [0.29, 0.717) is 31.6 Å². The lowest BCUT2D eigenvalue weighted by Gasteiger charge is -2.27. The number of benzene rings is 1. The summed E-state index contributed by atoms with van der Waals surface area (Å²) in [6.45, 7) is 1.04. The lowest BCUT2D eigenvalue weighted by atomic mass is 9.91. The summed E-state index contributed by atoms with van der Waals surface area (Å²) in [6.07, 6.45) is -0.184. The molecule has 4 rings (SSSR count). The topological polar surface area (TPSA) is 71.1 Å². The minimum atomic E-state index is -0.437. The number of carbonyl (C=O) groups excluding carboxylic acids is 2. The van der Waals surface area contributed by atoms with Crippen molar-refractivity contribution in [1.29, 1.82) is 0 Å². The average molecular weight is 318 g/mol. The van der Waals surface area contributed by atoms with Gasteiger partial charge in [-0.25, -0.2) is 4.79 Å². The molecule has 1 saturated carbocycles. The Bertz CT molecular complexity index is 594. The van der Waals surface area contributed by atoms with Gasteiger partial charge in [-0.3, -0.25) is 4.79 Å². The highest BCUT2D eigenvalue weighted by atomic mass is 16.7. The second-order valence-corrected chi connectivity index (χ2v) is 6.13. The van der Waals surface area contributed by atoms with Crippen LogP contribution in [0, 0.1) is 11.8 Å². The van der Waals surface area contributed by atoms with Crippen LogP contribution in [0.2, 0.25) is 0 Å². The van der Waals surface area contributed by atoms with Gasteiger partial charge in [-0.2, -0.15) is 0 Å². The van der Waals surface area contributed by atoms with Gasteiger partial charge in [-0.15, -0.1) is 0 Å². The van der Waals surface area contributed by atoms with E-state index >= 15 is 0 Å². The van der Waals surface area contributed by atoms with Crippen LogP contribution in [-0.2, 0) is 23.7 Å². The van der Waals surface area contributed by atoms with Gasteiger partial charge in [-0.05, 0) is 12.1 Å². The van der Waals surface area contributed by atoms with Crippen LogP contribution >= 0.6 is 0 Å². The molecule has 2 aliphatic heterocycles. The molecule has 3 aliphatic rings. The number of hydrogen-bond acceptors (Lipinski definition) is 6. The van der Waals surface area contributed by atoms with E-state index in [1.165, 1.54) is 0 Å². The van der Waals surface area contributed by atoms with Crippen molar-refractivity contribution in [3.8, 4) is 0 Å². The fraction of sp³-hybridized carbons (Fsp3) is 0.529. The lowest BCUT2D eigenvalue weighted by Crippen LogP contribution is -2.36. The molecule has 23 heavy (non-hydrogen) atoms. The van der Waals surface area contributed by atoms with Crippen LogP contribution in [0.25, 0.3) is 0 Å². The van der Waals surface area contributed by atoms with Gasteiger partial charge < -0.3 is 18.9 Å². The summed E-state index contributed by atoms with van der Waals surface area (Å²) in [5.41, 5.74) is 0.508. The third-order valence-corrected chi connectivity index (χ3v) is 4.78. The zero-order chi connectivity index (χ0) is 15.8. The Morgan fingerprint density at radius 2 is 1.87 bits per heavy atom. The lowest BCUT2D eigenvalue weighted by molar-refractivity contribution is -0.142. The summed E-state index contributed by atoms with van der Waals surface area (Å²) >= 11 is 0. The van der Waals surface area contributed by atoms with Gasteiger partial charge in [0.15, 0.2) is 6.29 Å². The highest BCUT2D eigenvalue weighted by molar-refractivity contribution is 5.89. The highest BCUT2D eigenvalue weighted by Crippen LogP contribution is 2.46. The van der Waals surface area contributed by atoms with E-state index in [0.717, 1.165) is 0 Å². The van der Waals surface area contributed by atoms with Gasteiger partial charge >= 0.3 is 11.9 Å². The van der Waals surface area contributed by atoms with E-state index in [2.05, 4.69) is 0 Å². The van der Waals surface area contributed by atoms with Crippen LogP contribution < -0.4 is 0 Å². The molecule has 0 radical (unpaired) electrons. The molecule has 0 amide bonds. The molecule has 0 N–H and O–H groups in total. The Balaban J connectivity index is 1.52. The number of hydrogen-bond donors (Lipinski definition) is 0. The van der Waals surface area contributed by atoms with Gasteiger partial charge in [-0.1, -0.05) is 18.2 Å². The molecule has 3 fully saturated rings. The van der Waals surface area contributed by atoms with Crippen LogP contribution in [0.4, 0.5) is 0 Å². The van der Waals surface area contributed by atoms with Crippen molar-refractivity contribution in [3.63, 3.8) is 0 Å². The summed E-state index contributed by atoms with van der Waals surface area (Å²) in [5.74, 6) is -0.749. The molecule has 0 spiro atoms. The molecule has 6 nitrogen and oxygen atoms in total. The molecule has 1 aromatic rings. The fourth-order valence-corrected chi connectivity index (χ4v) is 3.78. The molecule has 6 heteroatoms. The Kier molecular flexibility index (Phi) is 3.79. The minimum absolute atomic E-state index is 0.0147. The van der Waals surface area contributed by atoms with Gasteiger partial charge in [0.1, 0.15) is 12.2 Å². The Morgan fingerprint density at radius 1 is 1.13 bits per heavy atom. The van der Waals surface area contributed by atoms with Crippen LogP contribution in [0.15, 0.2) is 30.3 Å². The first-order chi connectivity index (χ1) is 11.2. The quantitative estimate of drug-likeness (QED) is 0.787. The molecule has 2 saturated heterocycles. The van der Waals surface area contributed by atoms with Crippen LogP contribution in [0.5, 0.6) is 0 Å². The van der Waals surface area contributed by atoms with Crippen LogP contribution in [-0.4, -0.2) is 43.7 Å². The zero-order valence-electron chi connectivity index (χ0n) is 12.6. The average Bonchev–Trinajstić information content (AvgIpc) is 3.24. The van der Waals surface area contributed by atoms with Gasteiger partial charge in [0.2, 0.25) is 0 Å². The standard InChI is InChI=1S/C17H18O6/c18-14-8-11-12(22-14)9-13(15(11)17-20-6-7-21-17)23-16(19)10-4-2-1-3-5-10/h1-5,11-13,15,17H,6-9H2. The molecular weight excluding hydrogens is 300 g/mol. The highest BCUT2D eigenvalue weighted by Gasteiger charge is 2.55. The SMILES string of the molecule is O=C1CC2C(CC(OC(=O)c3ccccc3)C2C2OCCO2)O1. The predicted molar refractivity (Wildman–Crippen MR) is 77.4 cm³/mol. The smallest absolute Gasteiger partial charge is 0.338 e. The Labute approximate surface area is 133 Å². The zero-order valence-corrected chi connectivity index (χ0v) is 12.6. The van der Waals surface area contributed by atoms with Gasteiger partial charge in [0, 0.05) is 12.3 Å². The first kappa shape index (κ1) is 14.7. The second kappa shape index (κ2) is 5.94. The number of ether oxygens (including phenoxy) is 4. The Hall–Kier alpha value is -1.92. The minimum Gasteiger partial charge on any atom is -0.462 e. The van der Waals surface area contributed by atoms with E-state index in [-0.39, 0.29) is 36.0 Å². The van der Waals surface area contributed by atoms with E-state index in [9.17, 15) is 9.59 Å². The molecule has 2 heterocycles. The molecule has 122 valence electrons. The summed E-state index contributed by atoms with van der Waals surface area (Å²) in [4.78, 5) is 23.9. The third kappa shape index (κ3) is 2.72. The van der Waals surface area contributed by atoms with Crippen molar-refractivity contribution in [2.24, 2.45) is 11.8 Å². The number of carbonyl (C=O) groups is 2. The molecule has 0 aromatic heterocycles. The van der Waals surface area contributed by atoms with E-state index in [1.54, 1.807) is 24.3 Å². The summed E-state index contributed by atoms with van der Waals surface area (Å²) in [7, 11) is 0. The van der Waals surface area contributed by atoms with E-state index in [4.69, 9.17) is 18.9 Å². The maximum absolute atomic E-state index is 12.3. The largest absolute Gasteiger partial charge is 0.462 e.